The molecule has 6 bridgehead atoms. The molecule has 1 fully saturated rings. The van der Waals surface area contributed by atoms with E-state index in [0.717, 1.165) is 121 Å². The zero-order valence-electron chi connectivity index (χ0n) is 67.8. The van der Waals surface area contributed by atoms with Crippen LogP contribution in [0.5, 0.6) is 0 Å². The van der Waals surface area contributed by atoms with E-state index >= 15 is 0 Å². The Balaban J connectivity index is 0.739. The highest BCUT2D eigenvalue weighted by molar-refractivity contribution is 7.14. The predicted molar refractivity (Wildman–Crippen MR) is 487 cm³/mol. The Labute approximate surface area is 695 Å². The Morgan fingerprint density at radius 2 is 1.38 bits per heavy atom. The lowest BCUT2D eigenvalue weighted by Crippen LogP contribution is -2.60. The fraction of sp³-hybridized carbons (Fsp3) is 0.321. The summed E-state index contributed by atoms with van der Waals surface area (Å²) in [5.74, 6) is 4.33. The molecule has 5 heteroatoms. The minimum atomic E-state index is -2.90. The van der Waals surface area contributed by atoms with Crippen LogP contribution in [-0.4, -0.2) is 25.2 Å². The van der Waals surface area contributed by atoms with Gasteiger partial charge in [-0.1, -0.05) is 278 Å². The second kappa shape index (κ2) is 31.6. The third kappa shape index (κ3) is 13.2. The van der Waals surface area contributed by atoms with Crippen molar-refractivity contribution in [1.82, 2.24) is 4.90 Å². The van der Waals surface area contributed by atoms with Crippen molar-refractivity contribution in [2.24, 2.45) is 70.5 Å². The first-order valence-corrected chi connectivity index (χ1v) is 46.9. The van der Waals surface area contributed by atoms with Gasteiger partial charge in [0.15, 0.2) is 8.07 Å². The number of halogens is 2. The van der Waals surface area contributed by atoms with E-state index in [0.29, 0.717) is 47.8 Å². The molecule has 0 spiro atoms. The van der Waals surface area contributed by atoms with Crippen LogP contribution in [0.3, 0.4) is 0 Å². The third-order valence-electron chi connectivity index (χ3n) is 30.8. The topological polar surface area (TPSA) is 6.48 Å². The quantitative estimate of drug-likeness (QED) is 0.124. The number of benzene rings is 3. The molecule has 16 aliphatic carbocycles. The summed E-state index contributed by atoms with van der Waals surface area (Å²) in [7, 11) is -2.90. The molecule has 22 aliphatic rings. The Hall–Kier alpha value is -10.2. The summed E-state index contributed by atoms with van der Waals surface area (Å²) in [6.45, 7) is 4.29. The van der Waals surface area contributed by atoms with E-state index in [-0.39, 0.29) is 52.8 Å². The van der Waals surface area contributed by atoms with Gasteiger partial charge in [0, 0.05) is 58.6 Å². The molecule has 586 valence electrons. The smallest absolute Gasteiger partial charge is 0.172 e. The molecule has 6 aliphatic heterocycles. The van der Waals surface area contributed by atoms with Gasteiger partial charge in [-0.3, -0.25) is 0 Å². The molecule has 17 atom stereocenters. The Kier molecular flexibility index (Phi) is 20.1. The molecule has 6 heterocycles. The summed E-state index contributed by atoms with van der Waals surface area (Å²) < 4.78 is 29.4. The summed E-state index contributed by atoms with van der Waals surface area (Å²) in [6.07, 6.45) is 120. The normalized spacial score (nSPS) is 34.3. The SMILES string of the molecule is C=CC1=CCC(C2(C3C=CC=CC3)C3CCC=CC3C3C=CC(N(C4=CC=C(C5=CC(C6=CCC(F)C=C6)=CCC5)CC4)C4=CC5=C(CC4)[Si](C4=CC=CCC4)(c4ccccc4)c4ccc(N6C7=CCC(C=C7)C7=CCCC(C8C=CC(F)=CC8)/C7=C/C7C=CC(=CC7)C7C=CC=CC7c7ccc6cc7C6C=CC=CC6)cc45)CC32)C=C1. The van der Waals surface area contributed by atoms with Crippen LogP contribution in [0.2, 0.25) is 0 Å². The number of hydrogen-bond acceptors (Lipinski definition) is 2. The molecule has 3 aromatic carbocycles. The highest BCUT2D eigenvalue weighted by atomic mass is 28.3. The fourth-order valence-electron chi connectivity index (χ4n) is 25.6. The van der Waals surface area contributed by atoms with Gasteiger partial charge in [0.2, 0.25) is 0 Å². The van der Waals surface area contributed by atoms with E-state index in [1.165, 1.54) is 107 Å². The first kappa shape index (κ1) is 74.4. The highest BCUT2D eigenvalue weighted by Crippen LogP contribution is 2.70. The highest BCUT2D eigenvalue weighted by Gasteiger charge is 2.65. The largest absolute Gasteiger partial charge is 0.342 e. The summed E-state index contributed by atoms with van der Waals surface area (Å²) in [6, 6.07) is 27.6. The van der Waals surface area contributed by atoms with Crippen LogP contribution in [0.1, 0.15) is 157 Å². The number of hydrogen-bond donors (Lipinski definition) is 0. The zero-order chi connectivity index (χ0) is 78.1. The van der Waals surface area contributed by atoms with Gasteiger partial charge in [0.1, 0.15) is 12.0 Å². The van der Waals surface area contributed by atoms with Gasteiger partial charge in [0.25, 0.3) is 0 Å². The third-order valence-corrected chi connectivity index (χ3v) is 36.0. The minimum absolute atomic E-state index is 0.0517. The van der Waals surface area contributed by atoms with Crippen LogP contribution in [0, 0.1) is 70.5 Å². The Bertz CT molecular complexity index is 5530. The van der Waals surface area contributed by atoms with E-state index in [4.69, 9.17) is 0 Å². The second-order valence-electron chi connectivity index (χ2n) is 36.4. The minimum Gasteiger partial charge on any atom is -0.342 e. The molecule has 1 saturated carbocycles. The van der Waals surface area contributed by atoms with Crippen molar-refractivity contribution < 1.29 is 8.78 Å². The average Bonchev–Trinajstić information content (AvgIpc) is 1.54. The van der Waals surface area contributed by atoms with Crippen molar-refractivity contribution in [3.63, 3.8) is 0 Å². The van der Waals surface area contributed by atoms with Crippen LogP contribution in [0.15, 0.2) is 406 Å². The van der Waals surface area contributed by atoms with Gasteiger partial charge in [0.05, 0.1) is 6.04 Å². The second-order valence-corrected chi connectivity index (χ2v) is 40.3. The molecule has 17 unspecified atom stereocenters. The molecule has 2 nitrogen and oxygen atoms in total. The number of rotatable bonds is 13. The van der Waals surface area contributed by atoms with Crippen LogP contribution in [0.4, 0.5) is 20.2 Å². The number of alkyl halides is 1. The van der Waals surface area contributed by atoms with Crippen molar-refractivity contribution >= 4 is 35.4 Å². The van der Waals surface area contributed by atoms with E-state index < -0.39 is 14.2 Å². The van der Waals surface area contributed by atoms with Crippen molar-refractivity contribution in [1.29, 1.82) is 0 Å². The van der Waals surface area contributed by atoms with Crippen LogP contribution < -0.4 is 15.3 Å². The fourth-order valence-corrected chi connectivity index (χ4v) is 31.3. The lowest BCUT2D eigenvalue weighted by molar-refractivity contribution is -0.00397. The number of nitrogens with zero attached hydrogens (tertiary/aromatic N) is 2. The van der Waals surface area contributed by atoms with Gasteiger partial charge in [-0.2, -0.15) is 0 Å². The zero-order valence-corrected chi connectivity index (χ0v) is 68.8. The van der Waals surface area contributed by atoms with E-state index in [1.807, 2.05) is 12.2 Å². The first-order valence-electron chi connectivity index (χ1n) is 44.9. The summed E-state index contributed by atoms with van der Waals surface area (Å²) in [4.78, 5) is 5.63. The van der Waals surface area contributed by atoms with Gasteiger partial charge in [-0.05, 0) is 319 Å². The molecular formula is C112H110F2N2Si. The number of allylic oxidation sites excluding steroid dienone is 55. The molecule has 117 heavy (non-hydrogen) atoms. The molecule has 25 rings (SSSR count). The standard InChI is InChI=1S/C112H110F2N2Si/c1-2-75-39-51-86(52-40-75)112(85-25-9-4-10-26-85)108-36-18-17-33-102(108)103-66-62-94(74-109(103)112)116(89-57-47-78(48-58-89)84-24-19-23-83(70-84)77-43-53-87(113)54-44-77)93-64-68-111-107(73-93)106-72-92(63-67-110(106)117(111,95-27-11-5-12-28-95)96-29-13-6-14-30-96)115-90-59-49-82(50-60-90)99-35-20-34-98(81-45-55-88(114)56-46-81)105(99)69-76-37-41-80(42-38-76)97-31-15-16-32-100(97)101-65-61-91(115)71-104(101)79-21-7-3-8-22-79/h2-13,15-17,21,23,25,27-29,31-33,35,37,39-45,47,49,51,53,55-57,59-63,65-67,69-73,76,79,81-82,85-87,94,97-98,100,102-103,108-109H,1,14,18-20,22,24,26,30,34,36,38,46,48,50,52,54,58,64,68,74H2/b105-69-. The van der Waals surface area contributed by atoms with Crippen molar-refractivity contribution in [3.05, 3.63) is 423 Å². The molecule has 0 amide bonds. The summed E-state index contributed by atoms with van der Waals surface area (Å²) >= 11 is 0. The first-order chi connectivity index (χ1) is 57.7. The maximum absolute atomic E-state index is 14.9. The monoisotopic (exact) mass is 1550 g/mol. The molecule has 0 radical (unpaired) electrons. The van der Waals surface area contributed by atoms with Crippen molar-refractivity contribution in [3.8, 4) is 0 Å². The molecule has 3 aromatic rings. The maximum Gasteiger partial charge on any atom is 0.172 e. The van der Waals surface area contributed by atoms with E-state index in [2.05, 4.69) is 314 Å². The average molecular weight is 1550 g/mol. The van der Waals surface area contributed by atoms with E-state index in [9.17, 15) is 8.78 Å². The van der Waals surface area contributed by atoms with Gasteiger partial charge in [-0.15, -0.1) is 0 Å². The van der Waals surface area contributed by atoms with Crippen LogP contribution >= 0.6 is 0 Å². The van der Waals surface area contributed by atoms with Gasteiger partial charge in [-0.25, -0.2) is 8.78 Å². The Morgan fingerprint density at radius 3 is 2.16 bits per heavy atom. The number of fused-ring (bicyclic) bond motifs is 6. The number of anilines is 2. The molecular weight excluding hydrogens is 1440 g/mol. The predicted octanol–water partition coefficient (Wildman–Crippen LogP) is 27.0. The van der Waals surface area contributed by atoms with Gasteiger partial charge >= 0.3 is 0 Å². The molecule has 0 N–H and O–H groups in total. The summed E-state index contributed by atoms with van der Waals surface area (Å²) in [5, 5.41) is 6.31. The van der Waals surface area contributed by atoms with Crippen LogP contribution in [-0.2, 0) is 0 Å². The van der Waals surface area contributed by atoms with Gasteiger partial charge < -0.3 is 9.80 Å². The lowest BCUT2D eigenvalue weighted by atomic mass is 9.51. The lowest BCUT2D eigenvalue weighted by Gasteiger charge is -2.54. The molecule has 0 aromatic heterocycles. The molecule has 0 saturated heterocycles. The summed E-state index contributed by atoms with van der Waals surface area (Å²) in [5.41, 5.74) is 23.0. The maximum atomic E-state index is 14.9. The Morgan fingerprint density at radius 1 is 0.521 bits per heavy atom. The van der Waals surface area contributed by atoms with E-state index in [1.54, 1.807) is 22.5 Å². The van der Waals surface area contributed by atoms with Crippen LogP contribution in [0.25, 0.3) is 5.57 Å². The van der Waals surface area contributed by atoms with Crippen molar-refractivity contribution in [2.75, 3.05) is 4.90 Å². The van der Waals surface area contributed by atoms with Crippen molar-refractivity contribution in [2.45, 2.75) is 152 Å².